The molecule has 0 spiro atoms. The Hall–Kier alpha value is -1.00. The Morgan fingerprint density at radius 2 is 2.05 bits per heavy atom. The molecule has 1 N–H and O–H groups in total. The summed E-state index contributed by atoms with van der Waals surface area (Å²) in [6, 6.07) is 5.17. The minimum absolute atomic E-state index is 0.436. The summed E-state index contributed by atoms with van der Waals surface area (Å²) in [5.41, 5.74) is 0.844. The van der Waals surface area contributed by atoms with Crippen LogP contribution in [-0.2, 0) is 6.54 Å². The van der Waals surface area contributed by atoms with E-state index < -0.39 is 11.6 Å². The second-order valence-corrected chi connectivity index (χ2v) is 6.38. The van der Waals surface area contributed by atoms with Crippen LogP contribution >= 0.6 is 0 Å². The third-order valence-electron chi connectivity index (χ3n) is 4.32. The lowest BCUT2D eigenvalue weighted by molar-refractivity contribution is 0.0884. The van der Waals surface area contributed by atoms with E-state index >= 15 is 0 Å². The van der Waals surface area contributed by atoms with E-state index in [2.05, 4.69) is 31.0 Å². The van der Waals surface area contributed by atoms with Gasteiger partial charge in [0.05, 0.1) is 0 Å². The van der Waals surface area contributed by atoms with Crippen molar-refractivity contribution < 1.29 is 8.78 Å². The standard InChI is InChI=1S/C17H26F2N2/c1-4-5-14-11-21(17(9-20-14)12(2)3)10-13-6-7-15(18)16(19)8-13/h6-8,12,14,17,20H,4-5,9-11H2,1-3H3. The molecule has 0 aliphatic carbocycles. The first-order valence-electron chi connectivity index (χ1n) is 7.92. The SMILES string of the molecule is CCCC1CN(Cc2ccc(F)c(F)c2)C(C(C)C)CN1. The van der Waals surface area contributed by atoms with Gasteiger partial charge >= 0.3 is 0 Å². The van der Waals surface area contributed by atoms with Gasteiger partial charge in [-0.15, -0.1) is 0 Å². The molecule has 1 aliphatic heterocycles. The van der Waals surface area contributed by atoms with Crippen LogP contribution in [0.15, 0.2) is 18.2 Å². The zero-order chi connectivity index (χ0) is 15.4. The van der Waals surface area contributed by atoms with Crippen LogP contribution in [0.1, 0.15) is 39.2 Å². The number of piperazine rings is 1. The van der Waals surface area contributed by atoms with Gasteiger partial charge in [-0.2, -0.15) is 0 Å². The monoisotopic (exact) mass is 296 g/mol. The van der Waals surface area contributed by atoms with Crippen molar-refractivity contribution in [2.45, 2.75) is 52.2 Å². The summed E-state index contributed by atoms with van der Waals surface area (Å²) in [5, 5.41) is 3.61. The second-order valence-electron chi connectivity index (χ2n) is 6.38. The van der Waals surface area contributed by atoms with Gasteiger partial charge in [0.1, 0.15) is 0 Å². The summed E-state index contributed by atoms with van der Waals surface area (Å²) in [6.07, 6.45) is 2.31. The molecule has 0 bridgehead atoms. The highest BCUT2D eigenvalue weighted by Gasteiger charge is 2.29. The van der Waals surface area contributed by atoms with E-state index in [1.165, 1.54) is 12.1 Å². The van der Waals surface area contributed by atoms with E-state index in [1.54, 1.807) is 6.07 Å². The van der Waals surface area contributed by atoms with Gasteiger partial charge in [-0.1, -0.05) is 33.3 Å². The Labute approximate surface area is 126 Å². The molecule has 2 rings (SSSR count). The Balaban J connectivity index is 2.09. The zero-order valence-electron chi connectivity index (χ0n) is 13.2. The van der Waals surface area contributed by atoms with Crippen LogP contribution in [0.2, 0.25) is 0 Å². The van der Waals surface area contributed by atoms with Crippen LogP contribution in [0.25, 0.3) is 0 Å². The summed E-state index contributed by atoms with van der Waals surface area (Å²) in [6.45, 7) is 9.23. The summed E-state index contributed by atoms with van der Waals surface area (Å²) >= 11 is 0. The van der Waals surface area contributed by atoms with Crippen molar-refractivity contribution >= 4 is 0 Å². The third kappa shape index (κ3) is 4.24. The Kier molecular flexibility index (Phi) is 5.71. The zero-order valence-corrected chi connectivity index (χ0v) is 13.2. The molecule has 0 radical (unpaired) electrons. The van der Waals surface area contributed by atoms with Crippen molar-refractivity contribution in [1.82, 2.24) is 10.2 Å². The maximum absolute atomic E-state index is 13.4. The van der Waals surface area contributed by atoms with Crippen molar-refractivity contribution in [3.8, 4) is 0 Å². The molecule has 1 aromatic carbocycles. The van der Waals surface area contributed by atoms with Crippen LogP contribution in [-0.4, -0.2) is 30.1 Å². The molecule has 1 fully saturated rings. The van der Waals surface area contributed by atoms with Crippen molar-refractivity contribution in [2.75, 3.05) is 13.1 Å². The van der Waals surface area contributed by atoms with Gasteiger partial charge in [0.15, 0.2) is 11.6 Å². The van der Waals surface area contributed by atoms with Gasteiger partial charge in [0, 0.05) is 31.7 Å². The van der Waals surface area contributed by atoms with Crippen LogP contribution < -0.4 is 5.32 Å². The molecule has 4 heteroatoms. The van der Waals surface area contributed by atoms with Gasteiger partial charge in [-0.3, -0.25) is 4.90 Å². The molecule has 2 unspecified atom stereocenters. The average Bonchev–Trinajstić information content (AvgIpc) is 2.43. The highest BCUT2D eigenvalue weighted by atomic mass is 19.2. The van der Waals surface area contributed by atoms with Crippen LogP contribution in [0.3, 0.4) is 0 Å². The van der Waals surface area contributed by atoms with E-state index in [1.807, 2.05) is 0 Å². The van der Waals surface area contributed by atoms with Crippen molar-refractivity contribution in [3.05, 3.63) is 35.4 Å². The molecule has 2 nitrogen and oxygen atoms in total. The predicted octanol–water partition coefficient (Wildman–Crippen LogP) is 3.56. The van der Waals surface area contributed by atoms with Crippen molar-refractivity contribution in [3.63, 3.8) is 0 Å². The molecular formula is C17H26F2N2. The van der Waals surface area contributed by atoms with Crippen LogP contribution in [0, 0.1) is 17.6 Å². The fraction of sp³-hybridized carbons (Fsp3) is 0.647. The summed E-state index contributed by atoms with van der Waals surface area (Å²) in [5.74, 6) is -0.998. The topological polar surface area (TPSA) is 15.3 Å². The Morgan fingerprint density at radius 3 is 2.67 bits per heavy atom. The maximum Gasteiger partial charge on any atom is 0.159 e. The first kappa shape index (κ1) is 16.4. The van der Waals surface area contributed by atoms with Gasteiger partial charge in [-0.25, -0.2) is 8.78 Å². The Bertz CT molecular complexity index is 462. The average molecular weight is 296 g/mol. The number of halogens is 2. The Morgan fingerprint density at radius 1 is 1.29 bits per heavy atom. The molecule has 0 saturated carbocycles. The second kappa shape index (κ2) is 7.32. The number of nitrogens with one attached hydrogen (secondary N) is 1. The molecule has 1 aliphatic rings. The molecule has 118 valence electrons. The molecule has 21 heavy (non-hydrogen) atoms. The first-order valence-corrected chi connectivity index (χ1v) is 7.92. The minimum atomic E-state index is -0.775. The smallest absolute Gasteiger partial charge is 0.159 e. The van der Waals surface area contributed by atoms with Gasteiger partial charge in [-0.05, 0) is 30.0 Å². The number of benzene rings is 1. The lowest BCUT2D eigenvalue weighted by atomic mass is 9.96. The molecule has 2 atom stereocenters. The quantitative estimate of drug-likeness (QED) is 0.893. The minimum Gasteiger partial charge on any atom is -0.311 e. The van der Waals surface area contributed by atoms with E-state index in [9.17, 15) is 8.78 Å². The lowest BCUT2D eigenvalue weighted by Gasteiger charge is -2.42. The van der Waals surface area contributed by atoms with E-state index in [0.29, 0.717) is 24.5 Å². The number of rotatable bonds is 5. The highest BCUT2D eigenvalue weighted by molar-refractivity contribution is 5.18. The van der Waals surface area contributed by atoms with Gasteiger partial charge in [0.2, 0.25) is 0 Å². The van der Waals surface area contributed by atoms with E-state index in [-0.39, 0.29) is 0 Å². The molecule has 0 amide bonds. The molecule has 1 saturated heterocycles. The number of nitrogens with zero attached hydrogens (tertiary/aromatic N) is 1. The highest BCUT2D eigenvalue weighted by Crippen LogP contribution is 2.20. The van der Waals surface area contributed by atoms with Gasteiger partial charge < -0.3 is 5.32 Å². The van der Waals surface area contributed by atoms with Crippen molar-refractivity contribution in [2.24, 2.45) is 5.92 Å². The summed E-state index contributed by atoms with van der Waals surface area (Å²) in [4.78, 5) is 2.41. The third-order valence-corrected chi connectivity index (χ3v) is 4.32. The van der Waals surface area contributed by atoms with Crippen LogP contribution in [0.5, 0.6) is 0 Å². The summed E-state index contributed by atoms with van der Waals surface area (Å²) in [7, 11) is 0. The fourth-order valence-electron chi connectivity index (χ4n) is 3.15. The van der Waals surface area contributed by atoms with Crippen molar-refractivity contribution in [1.29, 1.82) is 0 Å². The molecule has 1 heterocycles. The van der Waals surface area contributed by atoms with E-state index in [0.717, 1.165) is 31.5 Å². The van der Waals surface area contributed by atoms with Gasteiger partial charge in [0.25, 0.3) is 0 Å². The molecular weight excluding hydrogens is 270 g/mol. The normalized spacial score (nSPS) is 23.7. The molecule has 1 aromatic rings. The fourth-order valence-corrected chi connectivity index (χ4v) is 3.15. The maximum atomic E-state index is 13.4. The predicted molar refractivity (Wildman–Crippen MR) is 82.1 cm³/mol. The summed E-state index contributed by atoms with van der Waals surface area (Å²) < 4.78 is 26.4. The van der Waals surface area contributed by atoms with Crippen LogP contribution in [0.4, 0.5) is 8.78 Å². The largest absolute Gasteiger partial charge is 0.311 e. The lowest BCUT2D eigenvalue weighted by Crippen LogP contribution is -2.57. The van der Waals surface area contributed by atoms with E-state index in [4.69, 9.17) is 0 Å². The molecule has 0 aromatic heterocycles. The number of hydrogen-bond donors (Lipinski definition) is 1. The number of hydrogen-bond acceptors (Lipinski definition) is 2. The first-order chi connectivity index (χ1) is 10.0.